The van der Waals surface area contributed by atoms with E-state index < -0.39 is 0 Å². The number of rotatable bonds is 3. The van der Waals surface area contributed by atoms with Gasteiger partial charge in [0.15, 0.2) is 0 Å². The topological polar surface area (TPSA) is 42.1 Å². The van der Waals surface area contributed by atoms with Crippen molar-refractivity contribution < 1.29 is 0 Å². The van der Waals surface area contributed by atoms with Crippen LogP contribution in [0.5, 0.6) is 0 Å². The molecule has 3 aromatic rings. The number of nitrogens with two attached hydrogens (primary N) is 1. The molecule has 20 heavy (non-hydrogen) atoms. The highest BCUT2D eigenvalue weighted by atomic mass is 15.2. The fourth-order valence-corrected chi connectivity index (χ4v) is 2.38. The van der Waals surface area contributed by atoms with Crippen LogP contribution in [0, 0.1) is 0 Å². The second-order valence-corrected chi connectivity index (χ2v) is 4.95. The summed E-state index contributed by atoms with van der Waals surface area (Å²) in [5.41, 5.74) is 7.73. The summed E-state index contributed by atoms with van der Waals surface area (Å²) >= 11 is 0. The predicted molar refractivity (Wildman–Crippen MR) is 84.7 cm³/mol. The van der Waals surface area contributed by atoms with Gasteiger partial charge in [0.1, 0.15) is 5.82 Å². The van der Waals surface area contributed by atoms with E-state index in [4.69, 9.17) is 5.73 Å². The molecule has 0 saturated heterocycles. The summed E-state index contributed by atoms with van der Waals surface area (Å²) in [6.07, 6.45) is 1.86. The summed E-state index contributed by atoms with van der Waals surface area (Å²) in [4.78, 5) is 6.68. The van der Waals surface area contributed by atoms with Gasteiger partial charge in [-0.25, -0.2) is 4.98 Å². The number of anilines is 2. The molecular weight excluding hydrogens is 246 g/mol. The van der Waals surface area contributed by atoms with E-state index in [1.54, 1.807) is 0 Å². The van der Waals surface area contributed by atoms with Crippen molar-refractivity contribution in [1.29, 1.82) is 0 Å². The van der Waals surface area contributed by atoms with Gasteiger partial charge in [-0.1, -0.05) is 36.4 Å². The van der Waals surface area contributed by atoms with Crippen LogP contribution in [-0.2, 0) is 6.54 Å². The van der Waals surface area contributed by atoms with Gasteiger partial charge in [0.25, 0.3) is 0 Å². The van der Waals surface area contributed by atoms with Gasteiger partial charge >= 0.3 is 0 Å². The maximum Gasteiger partial charge on any atom is 0.136 e. The molecule has 0 bridgehead atoms. The normalized spacial score (nSPS) is 10.7. The Hall–Kier alpha value is -2.55. The second kappa shape index (κ2) is 5.21. The summed E-state index contributed by atoms with van der Waals surface area (Å²) < 4.78 is 0. The monoisotopic (exact) mass is 263 g/mol. The van der Waals surface area contributed by atoms with E-state index in [-0.39, 0.29) is 0 Å². The van der Waals surface area contributed by atoms with Crippen LogP contribution in [0.2, 0.25) is 0 Å². The first-order valence-corrected chi connectivity index (χ1v) is 6.63. The van der Waals surface area contributed by atoms with Gasteiger partial charge in [-0.05, 0) is 29.1 Å². The zero-order valence-corrected chi connectivity index (χ0v) is 11.5. The summed E-state index contributed by atoms with van der Waals surface area (Å²) in [7, 11) is 2.06. The van der Waals surface area contributed by atoms with Crippen molar-refractivity contribution in [2.75, 3.05) is 17.7 Å². The molecule has 100 valence electrons. The van der Waals surface area contributed by atoms with Crippen molar-refractivity contribution in [2.24, 2.45) is 0 Å². The number of aromatic nitrogens is 1. The lowest BCUT2D eigenvalue weighted by atomic mass is 10.1. The van der Waals surface area contributed by atoms with Crippen LogP contribution in [0.25, 0.3) is 10.8 Å². The van der Waals surface area contributed by atoms with Crippen LogP contribution in [0.3, 0.4) is 0 Å². The molecule has 0 radical (unpaired) electrons. The molecule has 0 fully saturated rings. The largest absolute Gasteiger partial charge is 0.399 e. The third-order valence-corrected chi connectivity index (χ3v) is 3.41. The molecule has 3 heteroatoms. The Morgan fingerprint density at radius 1 is 1.00 bits per heavy atom. The standard InChI is InChI=1S/C17H17N3/c1-20(12-13-6-8-15(18)9-7-13)17-16-5-3-2-4-14(16)10-11-19-17/h2-11H,12,18H2,1H3. The minimum absolute atomic E-state index is 0.791. The van der Waals surface area contributed by atoms with E-state index in [9.17, 15) is 0 Å². The maximum atomic E-state index is 5.72. The van der Waals surface area contributed by atoms with Crippen molar-refractivity contribution in [2.45, 2.75) is 6.54 Å². The van der Waals surface area contributed by atoms with Gasteiger partial charge in [0.2, 0.25) is 0 Å². The van der Waals surface area contributed by atoms with Gasteiger partial charge in [0.05, 0.1) is 0 Å². The quantitative estimate of drug-likeness (QED) is 0.736. The van der Waals surface area contributed by atoms with Gasteiger partial charge < -0.3 is 10.6 Å². The first kappa shape index (κ1) is 12.5. The molecule has 0 unspecified atom stereocenters. The van der Waals surface area contributed by atoms with Crippen molar-refractivity contribution in [1.82, 2.24) is 4.98 Å². The number of benzene rings is 2. The molecule has 0 aliphatic carbocycles. The van der Waals surface area contributed by atoms with Crippen LogP contribution in [-0.4, -0.2) is 12.0 Å². The number of nitrogens with zero attached hydrogens (tertiary/aromatic N) is 2. The Labute approximate surface area is 118 Å². The molecule has 3 nitrogen and oxygen atoms in total. The maximum absolute atomic E-state index is 5.72. The Morgan fingerprint density at radius 2 is 1.75 bits per heavy atom. The predicted octanol–water partition coefficient (Wildman–Crippen LogP) is 3.45. The first-order valence-electron chi connectivity index (χ1n) is 6.63. The zero-order valence-electron chi connectivity index (χ0n) is 11.5. The fourth-order valence-electron chi connectivity index (χ4n) is 2.38. The van der Waals surface area contributed by atoms with Gasteiger partial charge in [0, 0.05) is 30.9 Å². The molecule has 1 heterocycles. The smallest absolute Gasteiger partial charge is 0.136 e. The number of nitrogen functional groups attached to an aromatic ring is 1. The van der Waals surface area contributed by atoms with E-state index in [1.165, 1.54) is 16.3 Å². The minimum atomic E-state index is 0.791. The van der Waals surface area contributed by atoms with Crippen LogP contribution >= 0.6 is 0 Å². The van der Waals surface area contributed by atoms with Gasteiger partial charge in [-0.2, -0.15) is 0 Å². The highest BCUT2D eigenvalue weighted by molar-refractivity contribution is 5.91. The number of pyridine rings is 1. The lowest BCUT2D eigenvalue weighted by Crippen LogP contribution is -2.17. The molecule has 0 atom stereocenters. The van der Waals surface area contributed by atoms with E-state index in [0.717, 1.165) is 18.1 Å². The van der Waals surface area contributed by atoms with Gasteiger partial charge in [-0.15, -0.1) is 0 Å². The molecule has 2 aromatic carbocycles. The molecule has 0 aliphatic heterocycles. The van der Waals surface area contributed by atoms with E-state index >= 15 is 0 Å². The van der Waals surface area contributed by atoms with Crippen molar-refractivity contribution in [3.63, 3.8) is 0 Å². The molecule has 0 saturated carbocycles. The van der Waals surface area contributed by atoms with Crippen LogP contribution in [0.15, 0.2) is 60.8 Å². The van der Waals surface area contributed by atoms with E-state index in [2.05, 4.69) is 41.2 Å². The number of hydrogen-bond donors (Lipinski definition) is 1. The van der Waals surface area contributed by atoms with Crippen LogP contribution < -0.4 is 10.6 Å². The Bertz CT molecular complexity index is 714. The van der Waals surface area contributed by atoms with Crippen LogP contribution in [0.1, 0.15) is 5.56 Å². The number of hydrogen-bond acceptors (Lipinski definition) is 3. The van der Waals surface area contributed by atoms with Crippen molar-refractivity contribution >= 4 is 22.3 Å². The summed E-state index contributed by atoms with van der Waals surface area (Å²) in [5.74, 6) is 1.000. The lowest BCUT2D eigenvalue weighted by Gasteiger charge is -2.20. The highest BCUT2D eigenvalue weighted by Crippen LogP contribution is 2.24. The van der Waals surface area contributed by atoms with Gasteiger partial charge in [-0.3, -0.25) is 0 Å². The molecule has 3 rings (SSSR count). The molecular formula is C17H17N3. The first-order chi connectivity index (χ1) is 9.74. The van der Waals surface area contributed by atoms with Crippen LogP contribution in [0.4, 0.5) is 11.5 Å². The molecule has 0 spiro atoms. The number of fused-ring (bicyclic) bond motifs is 1. The zero-order chi connectivity index (χ0) is 13.9. The summed E-state index contributed by atoms with van der Waals surface area (Å²) in [5, 5.41) is 2.38. The summed E-state index contributed by atoms with van der Waals surface area (Å²) in [6.45, 7) is 0.807. The average molecular weight is 263 g/mol. The third-order valence-electron chi connectivity index (χ3n) is 3.41. The minimum Gasteiger partial charge on any atom is -0.399 e. The Kier molecular flexibility index (Phi) is 3.25. The van der Waals surface area contributed by atoms with Crippen molar-refractivity contribution in [3.8, 4) is 0 Å². The molecule has 2 N–H and O–H groups in total. The van der Waals surface area contributed by atoms with E-state index in [1.807, 2.05) is 36.5 Å². The SMILES string of the molecule is CN(Cc1ccc(N)cc1)c1nccc2ccccc12. The highest BCUT2D eigenvalue weighted by Gasteiger charge is 2.07. The molecule has 0 aliphatic rings. The lowest BCUT2D eigenvalue weighted by molar-refractivity contribution is 0.905. The average Bonchev–Trinajstić information content (AvgIpc) is 2.49. The molecule has 1 aromatic heterocycles. The third kappa shape index (κ3) is 2.43. The Morgan fingerprint density at radius 3 is 2.55 bits per heavy atom. The Balaban J connectivity index is 1.92. The molecule has 0 amide bonds. The fraction of sp³-hybridized carbons (Fsp3) is 0.118. The summed E-state index contributed by atoms with van der Waals surface area (Å²) in [6, 6.07) is 18.3. The van der Waals surface area contributed by atoms with Crippen molar-refractivity contribution in [3.05, 3.63) is 66.4 Å². The second-order valence-electron chi connectivity index (χ2n) is 4.95. The van der Waals surface area contributed by atoms with E-state index in [0.29, 0.717) is 0 Å².